The fraction of sp³-hybridized carbons (Fsp3) is 0.364. The third-order valence-corrected chi connectivity index (χ3v) is 3.06. The highest BCUT2D eigenvalue weighted by Gasteiger charge is 2.50. The quantitative estimate of drug-likeness (QED) is 0.644. The average molecular weight is 239 g/mol. The number of nitrogens with zero attached hydrogens (tertiary/aromatic N) is 1. The van der Waals surface area contributed by atoms with Gasteiger partial charge in [0.05, 0.1) is 10.3 Å². The van der Waals surface area contributed by atoms with E-state index in [9.17, 15) is 19.3 Å². The lowest BCUT2D eigenvalue weighted by Gasteiger charge is -2.09. The summed E-state index contributed by atoms with van der Waals surface area (Å²) in [6, 6.07) is 3.51. The maximum Gasteiger partial charge on any atom is 0.309 e. The fourth-order valence-corrected chi connectivity index (χ4v) is 1.82. The third-order valence-electron chi connectivity index (χ3n) is 3.06. The topological polar surface area (TPSA) is 80.4 Å². The van der Waals surface area contributed by atoms with E-state index in [0.717, 1.165) is 12.1 Å². The van der Waals surface area contributed by atoms with Crippen molar-refractivity contribution in [1.82, 2.24) is 0 Å². The van der Waals surface area contributed by atoms with Crippen LogP contribution in [0.15, 0.2) is 18.2 Å². The van der Waals surface area contributed by atoms with Crippen LogP contribution in [0, 0.1) is 21.3 Å². The number of hydrogen-bond donors (Lipinski definition) is 1. The second-order valence-corrected chi connectivity index (χ2v) is 4.31. The largest absolute Gasteiger partial charge is 0.481 e. The monoisotopic (exact) mass is 239 g/mol. The molecule has 1 fully saturated rings. The highest BCUT2D eigenvalue weighted by atomic mass is 19.1. The Hall–Kier alpha value is -1.98. The number of aliphatic carboxylic acids is 1. The molecule has 5 nitrogen and oxygen atoms in total. The van der Waals surface area contributed by atoms with Crippen LogP contribution >= 0.6 is 0 Å². The van der Waals surface area contributed by atoms with Gasteiger partial charge in [-0.25, -0.2) is 0 Å². The first kappa shape index (κ1) is 11.5. The van der Waals surface area contributed by atoms with Crippen LogP contribution in [0.25, 0.3) is 0 Å². The number of hydrogen-bond acceptors (Lipinski definition) is 3. The fourth-order valence-electron chi connectivity index (χ4n) is 1.82. The number of rotatable bonds is 4. The zero-order chi connectivity index (χ0) is 12.6. The van der Waals surface area contributed by atoms with E-state index in [1.807, 2.05) is 0 Å². The second-order valence-electron chi connectivity index (χ2n) is 4.31. The molecule has 1 saturated carbocycles. The molecule has 0 aromatic heterocycles. The molecule has 1 N–H and O–H groups in total. The molecule has 1 aromatic rings. The summed E-state index contributed by atoms with van der Waals surface area (Å²) in [6.45, 7) is 0. The van der Waals surface area contributed by atoms with E-state index >= 15 is 0 Å². The van der Waals surface area contributed by atoms with Gasteiger partial charge in [0.15, 0.2) is 0 Å². The third kappa shape index (κ3) is 2.11. The van der Waals surface area contributed by atoms with Crippen molar-refractivity contribution in [2.24, 2.45) is 5.41 Å². The summed E-state index contributed by atoms with van der Waals surface area (Å²) in [5.41, 5.74) is -0.923. The van der Waals surface area contributed by atoms with Crippen LogP contribution in [0.2, 0.25) is 0 Å². The minimum Gasteiger partial charge on any atom is -0.481 e. The van der Waals surface area contributed by atoms with Gasteiger partial charge in [-0.2, -0.15) is 4.39 Å². The number of benzene rings is 1. The Morgan fingerprint density at radius 3 is 2.65 bits per heavy atom. The maximum absolute atomic E-state index is 13.1. The summed E-state index contributed by atoms with van der Waals surface area (Å²) in [5.74, 6) is -1.80. The van der Waals surface area contributed by atoms with E-state index in [2.05, 4.69) is 0 Å². The van der Waals surface area contributed by atoms with Crippen molar-refractivity contribution < 1.29 is 19.2 Å². The van der Waals surface area contributed by atoms with Gasteiger partial charge >= 0.3 is 11.7 Å². The zero-order valence-electron chi connectivity index (χ0n) is 8.85. The predicted molar refractivity (Wildman–Crippen MR) is 56.1 cm³/mol. The molecule has 0 bridgehead atoms. The van der Waals surface area contributed by atoms with E-state index in [-0.39, 0.29) is 6.42 Å². The lowest BCUT2D eigenvalue weighted by Crippen LogP contribution is -2.17. The van der Waals surface area contributed by atoms with Gasteiger partial charge in [0.25, 0.3) is 0 Å². The number of carboxylic acid groups (broad SMARTS) is 1. The van der Waals surface area contributed by atoms with Gasteiger partial charge in [-0.3, -0.25) is 14.9 Å². The summed E-state index contributed by atoms with van der Waals surface area (Å²) in [6.07, 6.45) is 1.34. The molecule has 0 aliphatic heterocycles. The molecule has 0 radical (unpaired) electrons. The molecule has 0 atom stereocenters. The molecule has 2 rings (SSSR count). The molecule has 1 aromatic carbocycles. The van der Waals surface area contributed by atoms with Crippen molar-refractivity contribution in [3.8, 4) is 0 Å². The molecule has 6 heteroatoms. The number of nitro benzene ring substituents is 1. The average Bonchev–Trinajstić information content (AvgIpc) is 3.01. The molecule has 90 valence electrons. The summed E-state index contributed by atoms with van der Waals surface area (Å²) in [5, 5.41) is 19.5. The van der Waals surface area contributed by atoms with Crippen LogP contribution in [-0.4, -0.2) is 16.0 Å². The number of halogens is 1. The molecule has 0 amide bonds. The van der Waals surface area contributed by atoms with Crippen LogP contribution in [0.1, 0.15) is 18.4 Å². The first-order chi connectivity index (χ1) is 7.94. The van der Waals surface area contributed by atoms with E-state index in [1.54, 1.807) is 0 Å². The number of carbonyl (C=O) groups is 1. The Morgan fingerprint density at radius 1 is 1.53 bits per heavy atom. The van der Waals surface area contributed by atoms with Crippen LogP contribution in [0.3, 0.4) is 0 Å². The second kappa shape index (κ2) is 3.80. The first-order valence-electron chi connectivity index (χ1n) is 5.11. The van der Waals surface area contributed by atoms with Crippen LogP contribution in [0.4, 0.5) is 10.1 Å². The van der Waals surface area contributed by atoms with Crippen molar-refractivity contribution in [2.45, 2.75) is 19.3 Å². The Morgan fingerprint density at radius 2 is 2.18 bits per heavy atom. The lowest BCUT2D eigenvalue weighted by molar-refractivity contribution is -0.387. The van der Waals surface area contributed by atoms with Crippen LogP contribution in [-0.2, 0) is 11.2 Å². The summed E-state index contributed by atoms with van der Waals surface area (Å²) < 4.78 is 13.1. The number of nitro groups is 1. The molecule has 1 aliphatic rings. The van der Waals surface area contributed by atoms with E-state index in [0.29, 0.717) is 18.4 Å². The normalized spacial score (nSPS) is 16.5. The lowest BCUT2D eigenvalue weighted by atomic mass is 9.96. The van der Waals surface area contributed by atoms with Crippen molar-refractivity contribution in [2.75, 3.05) is 0 Å². The molecular weight excluding hydrogens is 229 g/mol. The summed E-state index contributed by atoms with van der Waals surface area (Å²) in [4.78, 5) is 20.7. The molecule has 17 heavy (non-hydrogen) atoms. The van der Waals surface area contributed by atoms with Gasteiger partial charge in [-0.15, -0.1) is 0 Å². The molecular formula is C11H10FNO4. The first-order valence-corrected chi connectivity index (χ1v) is 5.11. The summed E-state index contributed by atoms with van der Waals surface area (Å²) in [7, 11) is 0. The molecule has 0 heterocycles. The predicted octanol–water partition coefficient (Wildman–Crippen LogP) is 2.14. The van der Waals surface area contributed by atoms with Gasteiger partial charge in [0, 0.05) is 6.07 Å². The van der Waals surface area contributed by atoms with Gasteiger partial charge in [0.1, 0.15) is 0 Å². The summed E-state index contributed by atoms with van der Waals surface area (Å²) >= 11 is 0. The highest BCUT2D eigenvalue weighted by Crippen LogP contribution is 2.48. The Kier molecular flexibility index (Phi) is 2.57. The van der Waals surface area contributed by atoms with E-state index < -0.39 is 27.8 Å². The standard InChI is InChI=1S/C11H10FNO4/c12-8-2-1-7(5-9(8)13(16)17)6-11(3-4-11)10(14)15/h1-2,5H,3-4,6H2,(H,14,15). The molecule has 1 aliphatic carbocycles. The minimum atomic E-state index is -0.904. The molecule has 0 spiro atoms. The van der Waals surface area contributed by atoms with Gasteiger partial charge in [0.2, 0.25) is 5.82 Å². The van der Waals surface area contributed by atoms with E-state index in [4.69, 9.17) is 5.11 Å². The number of carboxylic acids is 1. The Balaban J connectivity index is 2.26. The van der Waals surface area contributed by atoms with Crippen molar-refractivity contribution in [3.05, 3.63) is 39.7 Å². The Labute approximate surface area is 96.0 Å². The zero-order valence-corrected chi connectivity index (χ0v) is 8.85. The SMILES string of the molecule is O=C(O)C1(Cc2ccc(F)c([N+](=O)[O-])c2)CC1. The van der Waals surface area contributed by atoms with Gasteiger partial charge < -0.3 is 5.11 Å². The van der Waals surface area contributed by atoms with Crippen molar-refractivity contribution in [3.63, 3.8) is 0 Å². The van der Waals surface area contributed by atoms with Crippen LogP contribution in [0.5, 0.6) is 0 Å². The Bertz CT molecular complexity index is 496. The van der Waals surface area contributed by atoms with Crippen molar-refractivity contribution in [1.29, 1.82) is 0 Å². The molecule has 0 unspecified atom stereocenters. The smallest absolute Gasteiger partial charge is 0.309 e. The molecule has 0 saturated heterocycles. The maximum atomic E-state index is 13.1. The van der Waals surface area contributed by atoms with Gasteiger partial charge in [-0.1, -0.05) is 6.07 Å². The van der Waals surface area contributed by atoms with Crippen LogP contribution < -0.4 is 0 Å². The van der Waals surface area contributed by atoms with Gasteiger partial charge in [-0.05, 0) is 30.9 Å². The van der Waals surface area contributed by atoms with E-state index in [1.165, 1.54) is 6.07 Å². The minimum absolute atomic E-state index is 0.212. The highest BCUT2D eigenvalue weighted by molar-refractivity contribution is 5.78. The van der Waals surface area contributed by atoms with Crippen molar-refractivity contribution >= 4 is 11.7 Å².